The predicted molar refractivity (Wildman–Crippen MR) is 86.9 cm³/mol. The van der Waals surface area contributed by atoms with E-state index in [1.54, 1.807) is 6.20 Å². The summed E-state index contributed by atoms with van der Waals surface area (Å²) in [4.78, 5) is 17.7. The molecule has 1 fully saturated rings. The molecule has 6 heteroatoms. The average Bonchev–Trinajstić information content (AvgIpc) is 3.07. The van der Waals surface area contributed by atoms with Gasteiger partial charge in [-0.2, -0.15) is 0 Å². The third-order valence-electron chi connectivity index (χ3n) is 4.37. The Hall–Kier alpha value is -1.66. The van der Waals surface area contributed by atoms with Crippen LogP contribution in [0.1, 0.15) is 23.7 Å². The van der Waals surface area contributed by atoms with Gasteiger partial charge >= 0.3 is 0 Å². The van der Waals surface area contributed by atoms with Crippen LogP contribution in [0, 0.1) is 0 Å². The molecule has 1 atom stereocenters. The fourth-order valence-corrected chi connectivity index (χ4v) is 4.90. The number of nitrogens with one attached hydrogen (secondary N) is 1. The van der Waals surface area contributed by atoms with Crippen LogP contribution in [0.5, 0.6) is 0 Å². The lowest BCUT2D eigenvalue weighted by atomic mass is 10.1. The number of aromatic nitrogens is 1. The number of hydrogen-bond donors (Lipinski definition) is 1. The molecule has 0 amide bonds. The molecule has 1 aromatic heterocycles. The van der Waals surface area contributed by atoms with Crippen LogP contribution in [-0.4, -0.2) is 54.7 Å². The Morgan fingerprint density at radius 3 is 2.82 bits per heavy atom. The van der Waals surface area contributed by atoms with Gasteiger partial charge in [0, 0.05) is 28.7 Å². The number of nitrogens with zero attached hydrogens (tertiary/aromatic N) is 1. The molecule has 22 heavy (non-hydrogen) atoms. The van der Waals surface area contributed by atoms with Crippen molar-refractivity contribution in [1.82, 2.24) is 9.88 Å². The molecule has 1 unspecified atom stereocenters. The van der Waals surface area contributed by atoms with Crippen molar-refractivity contribution in [1.29, 1.82) is 0 Å². The zero-order valence-corrected chi connectivity index (χ0v) is 13.4. The van der Waals surface area contributed by atoms with Crippen LogP contribution in [0.2, 0.25) is 0 Å². The highest BCUT2D eigenvalue weighted by atomic mass is 32.2. The van der Waals surface area contributed by atoms with E-state index in [0.29, 0.717) is 18.5 Å². The monoisotopic (exact) mass is 320 g/mol. The number of ketones is 1. The van der Waals surface area contributed by atoms with Crippen LogP contribution in [0.25, 0.3) is 10.9 Å². The van der Waals surface area contributed by atoms with E-state index < -0.39 is 9.84 Å². The van der Waals surface area contributed by atoms with Crippen molar-refractivity contribution >= 4 is 26.5 Å². The Morgan fingerprint density at radius 1 is 1.36 bits per heavy atom. The van der Waals surface area contributed by atoms with Gasteiger partial charge in [0.05, 0.1) is 18.1 Å². The molecule has 2 heterocycles. The summed E-state index contributed by atoms with van der Waals surface area (Å²) in [6.45, 7) is 2.90. The van der Waals surface area contributed by atoms with Gasteiger partial charge in [0.2, 0.25) is 0 Å². The van der Waals surface area contributed by atoms with Gasteiger partial charge in [0.15, 0.2) is 15.6 Å². The predicted octanol–water partition coefficient (Wildman–Crippen LogP) is 1.86. The minimum Gasteiger partial charge on any atom is -0.360 e. The van der Waals surface area contributed by atoms with Gasteiger partial charge in [0.25, 0.3) is 0 Å². The quantitative estimate of drug-likeness (QED) is 0.854. The van der Waals surface area contributed by atoms with Crippen molar-refractivity contribution < 1.29 is 13.2 Å². The molecule has 1 aliphatic rings. The summed E-state index contributed by atoms with van der Waals surface area (Å²) in [6, 6.07) is 7.66. The van der Waals surface area contributed by atoms with E-state index in [2.05, 4.69) is 4.98 Å². The van der Waals surface area contributed by atoms with E-state index >= 15 is 0 Å². The summed E-state index contributed by atoms with van der Waals surface area (Å²) in [5, 5.41) is 0.919. The molecule has 1 saturated heterocycles. The van der Waals surface area contributed by atoms with E-state index in [4.69, 9.17) is 0 Å². The lowest BCUT2D eigenvalue weighted by molar-refractivity contribution is 0.0909. The molecule has 118 valence electrons. The van der Waals surface area contributed by atoms with E-state index in [1.165, 1.54) is 0 Å². The van der Waals surface area contributed by atoms with E-state index in [-0.39, 0.29) is 29.9 Å². The second-order valence-corrected chi connectivity index (χ2v) is 8.02. The number of para-hydroxylation sites is 1. The number of likely N-dealkylation sites (N-methyl/N-ethyl adjacent to an activating group) is 1. The van der Waals surface area contributed by atoms with Crippen LogP contribution < -0.4 is 0 Å². The maximum Gasteiger partial charge on any atom is 0.178 e. The van der Waals surface area contributed by atoms with Crippen molar-refractivity contribution in [3.8, 4) is 0 Å². The van der Waals surface area contributed by atoms with E-state index in [9.17, 15) is 13.2 Å². The summed E-state index contributed by atoms with van der Waals surface area (Å²) in [5.74, 6) is 0.431. The molecule has 1 aliphatic heterocycles. The lowest BCUT2D eigenvalue weighted by Gasteiger charge is -2.25. The van der Waals surface area contributed by atoms with Crippen LogP contribution in [-0.2, 0) is 9.84 Å². The molecular formula is C16H20N2O3S. The molecule has 2 aromatic rings. The minimum atomic E-state index is -2.93. The van der Waals surface area contributed by atoms with Crippen molar-refractivity contribution in [2.45, 2.75) is 19.4 Å². The van der Waals surface area contributed by atoms with Gasteiger partial charge in [-0.25, -0.2) is 8.42 Å². The zero-order chi connectivity index (χ0) is 15.7. The molecule has 0 aliphatic carbocycles. The SMILES string of the molecule is CCN(CC(=O)c1c[nH]c2ccccc12)C1CCS(=O)(=O)C1. The first-order chi connectivity index (χ1) is 10.5. The first-order valence-electron chi connectivity index (χ1n) is 7.54. The van der Waals surface area contributed by atoms with Crippen LogP contribution in [0.15, 0.2) is 30.5 Å². The van der Waals surface area contributed by atoms with Crippen LogP contribution >= 0.6 is 0 Å². The highest BCUT2D eigenvalue weighted by Crippen LogP contribution is 2.21. The molecule has 0 bridgehead atoms. The highest BCUT2D eigenvalue weighted by molar-refractivity contribution is 7.91. The number of Topliss-reactive ketones (excluding diaryl/α,β-unsaturated/α-hetero) is 1. The van der Waals surface area contributed by atoms with Crippen LogP contribution in [0.3, 0.4) is 0 Å². The minimum absolute atomic E-state index is 0.0311. The Kier molecular flexibility index (Phi) is 4.06. The first kappa shape index (κ1) is 15.2. The summed E-state index contributed by atoms with van der Waals surface area (Å²) in [7, 11) is -2.93. The number of carbonyl (C=O) groups excluding carboxylic acids is 1. The number of carbonyl (C=O) groups is 1. The number of H-pyrrole nitrogens is 1. The Labute approximate surface area is 130 Å². The molecule has 1 N–H and O–H groups in total. The van der Waals surface area contributed by atoms with Gasteiger partial charge in [-0.05, 0) is 19.0 Å². The smallest absolute Gasteiger partial charge is 0.178 e. The van der Waals surface area contributed by atoms with Crippen molar-refractivity contribution in [3.05, 3.63) is 36.0 Å². The van der Waals surface area contributed by atoms with E-state index in [0.717, 1.165) is 10.9 Å². The van der Waals surface area contributed by atoms with Gasteiger partial charge in [-0.15, -0.1) is 0 Å². The Morgan fingerprint density at radius 2 is 2.14 bits per heavy atom. The Balaban J connectivity index is 1.78. The number of sulfone groups is 1. The molecule has 0 saturated carbocycles. The number of fused-ring (bicyclic) bond motifs is 1. The maximum atomic E-state index is 12.6. The average molecular weight is 320 g/mol. The fourth-order valence-electron chi connectivity index (χ4n) is 3.13. The molecule has 3 rings (SSSR count). The van der Waals surface area contributed by atoms with Crippen LogP contribution in [0.4, 0.5) is 0 Å². The second-order valence-electron chi connectivity index (χ2n) is 5.79. The van der Waals surface area contributed by atoms with Gasteiger partial charge < -0.3 is 4.98 Å². The number of aromatic amines is 1. The third-order valence-corrected chi connectivity index (χ3v) is 6.12. The topological polar surface area (TPSA) is 70.2 Å². The number of hydrogen-bond acceptors (Lipinski definition) is 4. The van der Waals surface area contributed by atoms with Crippen molar-refractivity contribution in [2.24, 2.45) is 0 Å². The molecule has 1 aromatic carbocycles. The van der Waals surface area contributed by atoms with Crippen molar-refractivity contribution in [2.75, 3.05) is 24.6 Å². The highest BCUT2D eigenvalue weighted by Gasteiger charge is 2.32. The molecule has 0 radical (unpaired) electrons. The lowest BCUT2D eigenvalue weighted by Crippen LogP contribution is -2.39. The number of rotatable bonds is 5. The number of benzene rings is 1. The fraction of sp³-hybridized carbons (Fsp3) is 0.438. The summed E-state index contributed by atoms with van der Waals surface area (Å²) in [5.41, 5.74) is 1.62. The zero-order valence-electron chi connectivity index (χ0n) is 12.6. The maximum absolute atomic E-state index is 12.6. The van der Waals surface area contributed by atoms with Gasteiger partial charge in [0.1, 0.15) is 0 Å². The second kappa shape index (κ2) is 5.85. The first-order valence-corrected chi connectivity index (χ1v) is 9.36. The Bertz CT molecular complexity index is 795. The summed E-state index contributed by atoms with van der Waals surface area (Å²) < 4.78 is 23.3. The molecular weight excluding hydrogens is 300 g/mol. The third kappa shape index (κ3) is 2.94. The normalized spacial score (nSPS) is 20.7. The summed E-state index contributed by atoms with van der Waals surface area (Å²) in [6.07, 6.45) is 2.36. The van der Waals surface area contributed by atoms with Gasteiger partial charge in [-0.3, -0.25) is 9.69 Å². The summed E-state index contributed by atoms with van der Waals surface area (Å²) >= 11 is 0. The molecule has 5 nitrogen and oxygen atoms in total. The molecule has 0 spiro atoms. The van der Waals surface area contributed by atoms with Gasteiger partial charge in [-0.1, -0.05) is 25.1 Å². The van der Waals surface area contributed by atoms with E-state index in [1.807, 2.05) is 36.1 Å². The largest absolute Gasteiger partial charge is 0.360 e. The standard InChI is InChI=1S/C16H20N2O3S/c1-2-18(12-7-8-22(20,21)11-12)10-16(19)14-9-17-15-6-4-3-5-13(14)15/h3-6,9,12,17H,2,7-8,10-11H2,1H3. The van der Waals surface area contributed by atoms with Crippen molar-refractivity contribution in [3.63, 3.8) is 0 Å².